The molecule has 2 heterocycles. The molecule has 0 bridgehead atoms. The van der Waals surface area contributed by atoms with E-state index < -0.39 is 5.63 Å². The Kier molecular flexibility index (Phi) is 7.28. The van der Waals surface area contributed by atoms with Crippen LogP contribution >= 0.6 is 0 Å². The molecule has 1 aliphatic rings. The minimum atomic E-state index is -0.427. The number of phenols is 1. The maximum atomic E-state index is 12.0. The molecule has 0 radical (unpaired) electrons. The van der Waals surface area contributed by atoms with Gasteiger partial charge in [-0.2, -0.15) is 0 Å². The summed E-state index contributed by atoms with van der Waals surface area (Å²) in [6.07, 6.45) is 3.95. The predicted octanol–water partition coefficient (Wildman–Crippen LogP) is 2.92. The minimum Gasteiger partial charge on any atom is -0.507 e. The maximum Gasteiger partial charge on any atom is 0.336 e. The monoisotopic (exact) mass is 403 g/mol. The number of benzene rings is 1. The SMILES string of the molecule is COCCOC(=O)CCc1cc2c(C)cc(=O)oc2c(CN2CCCCC2)c1O. The smallest absolute Gasteiger partial charge is 0.336 e. The summed E-state index contributed by atoms with van der Waals surface area (Å²) in [5.41, 5.74) is 2.08. The number of hydrogen-bond donors (Lipinski definition) is 1. The zero-order chi connectivity index (χ0) is 20.8. The molecule has 1 aliphatic heterocycles. The predicted molar refractivity (Wildman–Crippen MR) is 109 cm³/mol. The lowest BCUT2D eigenvalue weighted by Crippen LogP contribution is -2.29. The number of aryl methyl sites for hydroxylation is 2. The number of carbonyl (C=O) groups excluding carboxylic acids is 1. The molecule has 1 aromatic carbocycles. The number of phenolic OH excluding ortho intramolecular Hbond substituents is 1. The van der Waals surface area contributed by atoms with E-state index in [1.807, 2.05) is 13.0 Å². The quantitative estimate of drug-likeness (QED) is 0.412. The number of carbonyl (C=O) groups is 1. The van der Waals surface area contributed by atoms with Gasteiger partial charge in [-0.15, -0.1) is 0 Å². The zero-order valence-electron chi connectivity index (χ0n) is 17.2. The van der Waals surface area contributed by atoms with Crippen molar-refractivity contribution in [1.82, 2.24) is 4.90 Å². The number of hydrogen-bond acceptors (Lipinski definition) is 7. The fraction of sp³-hybridized carbons (Fsp3) is 0.545. The van der Waals surface area contributed by atoms with Gasteiger partial charge < -0.3 is 19.0 Å². The van der Waals surface area contributed by atoms with Gasteiger partial charge in [-0.05, 0) is 56.5 Å². The van der Waals surface area contributed by atoms with Crippen molar-refractivity contribution in [3.8, 4) is 5.75 Å². The Bertz CT molecular complexity index is 914. The van der Waals surface area contributed by atoms with Crippen LogP contribution in [0.3, 0.4) is 0 Å². The summed E-state index contributed by atoms with van der Waals surface area (Å²) in [4.78, 5) is 26.2. The number of aromatic hydroxyl groups is 1. The standard InChI is InChI=1S/C22H29NO6/c1-15-12-20(25)29-22-17(15)13-16(6-7-19(24)28-11-10-27-2)21(26)18(22)14-23-8-4-3-5-9-23/h12-13,26H,3-11,14H2,1-2H3. The van der Waals surface area contributed by atoms with Crippen molar-refractivity contribution in [2.24, 2.45) is 0 Å². The molecule has 1 saturated heterocycles. The van der Waals surface area contributed by atoms with Gasteiger partial charge in [0.1, 0.15) is 17.9 Å². The number of rotatable bonds is 8. The molecule has 0 spiro atoms. The van der Waals surface area contributed by atoms with Crippen LogP contribution in [0.25, 0.3) is 11.0 Å². The minimum absolute atomic E-state index is 0.0986. The van der Waals surface area contributed by atoms with Gasteiger partial charge in [-0.1, -0.05) is 6.42 Å². The summed E-state index contributed by atoms with van der Waals surface area (Å²) in [6, 6.07) is 3.26. The normalized spacial score (nSPS) is 15.0. The Balaban J connectivity index is 1.90. The van der Waals surface area contributed by atoms with Crippen LogP contribution < -0.4 is 5.63 Å². The molecule has 3 rings (SSSR count). The number of fused-ring (bicyclic) bond motifs is 1. The van der Waals surface area contributed by atoms with Crippen molar-refractivity contribution in [3.63, 3.8) is 0 Å². The van der Waals surface area contributed by atoms with Crippen molar-refractivity contribution in [1.29, 1.82) is 0 Å². The molecular formula is C22H29NO6. The van der Waals surface area contributed by atoms with Gasteiger partial charge in [0.15, 0.2) is 0 Å². The second-order valence-corrected chi connectivity index (χ2v) is 7.54. The Morgan fingerprint density at radius 2 is 1.97 bits per heavy atom. The van der Waals surface area contributed by atoms with E-state index >= 15 is 0 Å². The molecule has 1 N–H and O–H groups in total. The summed E-state index contributed by atoms with van der Waals surface area (Å²) in [6.45, 7) is 4.83. The molecule has 0 atom stereocenters. The van der Waals surface area contributed by atoms with Gasteiger partial charge in [0.05, 0.1) is 12.2 Å². The molecule has 1 fully saturated rings. The number of ether oxygens (including phenoxy) is 2. The van der Waals surface area contributed by atoms with Crippen molar-refractivity contribution in [3.05, 3.63) is 39.2 Å². The molecule has 158 valence electrons. The van der Waals surface area contributed by atoms with E-state index in [9.17, 15) is 14.7 Å². The molecular weight excluding hydrogens is 374 g/mol. The van der Waals surface area contributed by atoms with Crippen LogP contribution in [-0.4, -0.2) is 49.4 Å². The van der Waals surface area contributed by atoms with E-state index in [0.717, 1.165) is 36.9 Å². The first kappa shape index (κ1) is 21.3. The van der Waals surface area contributed by atoms with Gasteiger partial charge in [-0.3, -0.25) is 9.69 Å². The molecule has 0 unspecified atom stereocenters. The fourth-order valence-electron chi connectivity index (χ4n) is 3.79. The highest BCUT2D eigenvalue weighted by atomic mass is 16.6. The molecule has 29 heavy (non-hydrogen) atoms. The Hall–Kier alpha value is -2.38. The van der Waals surface area contributed by atoms with E-state index in [0.29, 0.717) is 36.3 Å². The third kappa shape index (κ3) is 5.36. The average Bonchev–Trinajstić information content (AvgIpc) is 2.70. The number of methoxy groups -OCH3 is 1. The molecule has 0 saturated carbocycles. The van der Waals surface area contributed by atoms with Gasteiger partial charge in [0, 0.05) is 31.5 Å². The summed E-state index contributed by atoms with van der Waals surface area (Å²) < 4.78 is 15.5. The molecule has 0 amide bonds. The third-order valence-corrected chi connectivity index (χ3v) is 5.37. The lowest BCUT2D eigenvalue weighted by atomic mass is 9.97. The highest BCUT2D eigenvalue weighted by molar-refractivity contribution is 5.86. The largest absolute Gasteiger partial charge is 0.507 e. The number of piperidine rings is 1. The maximum absolute atomic E-state index is 12.0. The highest BCUT2D eigenvalue weighted by Crippen LogP contribution is 2.34. The summed E-state index contributed by atoms with van der Waals surface area (Å²) in [7, 11) is 1.55. The van der Waals surface area contributed by atoms with Crippen molar-refractivity contribution in [2.45, 2.75) is 45.6 Å². The second-order valence-electron chi connectivity index (χ2n) is 7.54. The van der Waals surface area contributed by atoms with E-state index in [1.54, 1.807) is 7.11 Å². The number of esters is 1. The second kappa shape index (κ2) is 9.89. The summed E-state index contributed by atoms with van der Waals surface area (Å²) in [5, 5.41) is 11.8. The van der Waals surface area contributed by atoms with E-state index in [4.69, 9.17) is 13.9 Å². The zero-order valence-corrected chi connectivity index (χ0v) is 17.2. The van der Waals surface area contributed by atoms with Crippen LogP contribution in [0.4, 0.5) is 0 Å². The molecule has 7 heteroatoms. The van der Waals surface area contributed by atoms with Gasteiger partial charge in [0.25, 0.3) is 0 Å². The van der Waals surface area contributed by atoms with Crippen LogP contribution in [0.5, 0.6) is 5.75 Å². The van der Waals surface area contributed by atoms with Crippen LogP contribution in [0.15, 0.2) is 21.3 Å². The Morgan fingerprint density at radius 3 is 2.69 bits per heavy atom. The molecule has 1 aromatic heterocycles. The topological polar surface area (TPSA) is 89.2 Å². The van der Waals surface area contributed by atoms with Crippen LogP contribution in [0.2, 0.25) is 0 Å². The summed E-state index contributed by atoms with van der Waals surface area (Å²) in [5.74, 6) is -0.239. The van der Waals surface area contributed by atoms with Gasteiger partial charge >= 0.3 is 11.6 Å². The van der Waals surface area contributed by atoms with E-state index in [1.165, 1.54) is 12.5 Å². The molecule has 0 aliphatic carbocycles. The highest BCUT2D eigenvalue weighted by Gasteiger charge is 2.21. The van der Waals surface area contributed by atoms with E-state index in [2.05, 4.69) is 4.90 Å². The molecule has 2 aromatic rings. The fourth-order valence-corrected chi connectivity index (χ4v) is 3.79. The van der Waals surface area contributed by atoms with Crippen LogP contribution in [0, 0.1) is 6.92 Å². The lowest BCUT2D eigenvalue weighted by molar-refractivity contribution is -0.144. The summed E-state index contributed by atoms with van der Waals surface area (Å²) >= 11 is 0. The molecule has 7 nitrogen and oxygen atoms in total. The number of likely N-dealkylation sites (tertiary alicyclic amines) is 1. The lowest BCUT2D eigenvalue weighted by Gasteiger charge is -2.27. The van der Waals surface area contributed by atoms with Crippen molar-refractivity contribution >= 4 is 16.9 Å². The van der Waals surface area contributed by atoms with Crippen molar-refractivity contribution < 1.29 is 23.8 Å². The van der Waals surface area contributed by atoms with Gasteiger partial charge in [0.2, 0.25) is 0 Å². The number of nitrogens with zero attached hydrogens (tertiary/aromatic N) is 1. The van der Waals surface area contributed by atoms with E-state index in [-0.39, 0.29) is 24.7 Å². The average molecular weight is 403 g/mol. The Labute approximate surface area is 170 Å². The third-order valence-electron chi connectivity index (χ3n) is 5.37. The van der Waals surface area contributed by atoms with Crippen molar-refractivity contribution in [2.75, 3.05) is 33.4 Å². The first-order chi connectivity index (χ1) is 14.0. The Morgan fingerprint density at radius 1 is 1.21 bits per heavy atom. The van der Waals surface area contributed by atoms with Gasteiger partial charge in [-0.25, -0.2) is 4.79 Å². The first-order valence-electron chi connectivity index (χ1n) is 10.1. The van der Waals surface area contributed by atoms with Crippen LogP contribution in [0.1, 0.15) is 42.4 Å². The first-order valence-corrected chi connectivity index (χ1v) is 10.1. The van der Waals surface area contributed by atoms with Crippen LogP contribution in [-0.2, 0) is 27.2 Å².